The van der Waals surface area contributed by atoms with Crippen LogP contribution in [0, 0.1) is 12.8 Å². The summed E-state index contributed by atoms with van der Waals surface area (Å²) < 4.78 is 27.5. The number of carbonyl (C=O) groups excluding carboxylic acids is 1. The molecule has 1 aromatic carbocycles. The summed E-state index contributed by atoms with van der Waals surface area (Å²) in [5.74, 6) is -0.482. The predicted molar refractivity (Wildman–Crippen MR) is 104 cm³/mol. The highest BCUT2D eigenvalue weighted by molar-refractivity contribution is 7.89. The molecule has 8 heteroatoms. The number of hydrogen-bond acceptors (Lipinski definition) is 4. The second kappa shape index (κ2) is 8.47. The van der Waals surface area contributed by atoms with Gasteiger partial charge in [-0.1, -0.05) is 17.7 Å². The molecule has 0 bridgehead atoms. The van der Waals surface area contributed by atoms with E-state index in [9.17, 15) is 18.3 Å². The standard InChI is InChI=1S/C19H27ClN2O4S/c1-13-17(20)8-3-9-18(13)27(25,26)22-10-4-5-14(12-22)19(24)21-15-6-2-7-16(23)11-15/h3,8-9,14-16,23H,2,4-7,10-12H2,1H3,(H,21,24)/t14-,15?,16?/m0/s1. The third-order valence-corrected chi connectivity index (χ3v) is 8.00. The van der Waals surface area contributed by atoms with Gasteiger partial charge in [-0.05, 0) is 63.1 Å². The molecule has 2 fully saturated rings. The minimum atomic E-state index is -3.69. The van der Waals surface area contributed by atoms with Gasteiger partial charge in [-0.25, -0.2) is 8.42 Å². The fraction of sp³-hybridized carbons (Fsp3) is 0.632. The maximum atomic E-state index is 13.1. The molecule has 0 radical (unpaired) electrons. The van der Waals surface area contributed by atoms with E-state index in [0.29, 0.717) is 36.4 Å². The van der Waals surface area contributed by atoms with E-state index in [4.69, 9.17) is 11.6 Å². The third-order valence-electron chi connectivity index (χ3n) is 5.58. The van der Waals surface area contributed by atoms with Crippen LogP contribution < -0.4 is 5.32 Å². The number of carbonyl (C=O) groups is 1. The van der Waals surface area contributed by atoms with E-state index in [1.165, 1.54) is 4.31 Å². The van der Waals surface area contributed by atoms with E-state index in [1.54, 1.807) is 25.1 Å². The van der Waals surface area contributed by atoms with Crippen molar-refractivity contribution in [1.29, 1.82) is 0 Å². The van der Waals surface area contributed by atoms with Crippen molar-refractivity contribution in [2.75, 3.05) is 13.1 Å². The number of aliphatic hydroxyl groups is 1. The van der Waals surface area contributed by atoms with Crippen LogP contribution in [0.3, 0.4) is 0 Å². The minimum Gasteiger partial charge on any atom is -0.393 e. The summed E-state index contributed by atoms with van der Waals surface area (Å²) in [6.07, 6.45) is 4.05. The summed E-state index contributed by atoms with van der Waals surface area (Å²) in [6, 6.07) is 4.83. The second-order valence-corrected chi connectivity index (χ2v) is 9.90. The Balaban J connectivity index is 1.70. The van der Waals surface area contributed by atoms with Crippen molar-refractivity contribution >= 4 is 27.5 Å². The summed E-state index contributed by atoms with van der Waals surface area (Å²) in [5, 5.41) is 13.2. The lowest BCUT2D eigenvalue weighted by Crippen LogP contribution is -2.48. The lowest BCUT2D eigenvalue weighted by Gasteiger charge is -2.33. The van der Waals surface area contributed by atoms with Gasteiger partial charge in [0.1, 0.15) is 0 Å². The van der Waals surface area contributed by atoms with E-state index >= 15 is 0 Å². The van der Waals surface area contributed by atoms with Gasteiger partial charge in [-0.15, -0.1) is 0 Å². The van der Waals surface area contributed by atoms with Gasteiger partial charge in [0, 0.05) is 24.2 Å². The normalized spacial score (nSPS) is 27.3. The summed E-state index contributed by atoms with van der Waals surface area (Å²) >= 11 is 6.09. The first-order valence-electron chi connectivity index (χ1n) is 9.52. The largest absolute Gasteiger partial charge is 0.393 e. The van der Waals surface area contributed by atoms with Crippen LogP contribution in [-0.4, -0.2) is 49.0 Å². The molecule has 1 aliphatic carbocycles. The van der Waals surface area contributed by atoms with Gasteiger partial charge in [0.05, 0.1) is 16.9 Å². The molecule has 1 amide bonds. The van der Waals surface area contributed by atoms with Gasteiger partial charge < -0.3 is 10.4 Å². The van der Waals surface area contributed by atoms with Crippen molar-refractivity contribution in [3.63, 3.8) is 0 Å². The molecule has 3 atom stereocenters. The Hall–Kier alpha value is -1.15. The van der Waals surface area contributed by atoms with Crippen LogP contribution >= 0.6 is 11.6 Å². The van der Waals surface area contributed by atoms with Crippen molar-refractivity contribution in [3.05, 3.63) is 28.8 Å². The van der Waals surface area contributed by atoms with Crippen LogP contribution in [0.25, 0.3) is 0 Å². The molecule has 1 aromatic rings. The Kier molecular flexibility index (Phi) is 6.46. The second-order valence-electron chi connectivity index (χ2n) is 7.59. The number of benzene rings is 1. The lowest BCUT2D eigenvalue weighted by atomic mass is 9.91. The Morgan fingerprint density at radius 2 is 2.04 bits per heavy atom. The molecule has 150 valence electrons. The molecule has 1 heterocycles. The number of halogens is 1. The van der Waals surface area contributed by atoms with Crippen molar-refractivity contribution in [1.82, 2.24) is 9.62 Å². The quantitative estimate of drug-likeness (QED) is 0.792. The number of hydrogen-bond donors (Lipinski definition) is 2. The SMILES string of the molecule is Cc1c(Cl)cccc1S(=O)(=O)N1CCC[C@H](C(=O)NC2CCCC(O)C2)C1. The van der Waals surface area contributed by atoms with Gasteiger partial charge >= 0.3 is 0 Å². The molecule has 6 nitrogen and oxygen atoms in total. The molecule has 2 aliphatic rings. The first kappa shape index (κ1) is 20.6. The topological polar surface area (TPSA) is 86.7 Å². The summed E-state index contributed by atoms with van der Waals surface area (Å²) in [5.41, 5.74) is 0.530. The van der Waals surface area contributed by atoms with Crippen LogP contribution in [-0.2, 0) is 14.8 Å². The molecule has 2 unspecified atom stereocenters. The van der Waals surface area contributed by atoms with Crippen LogP contribution in [0.2, 0.25) is 5.02 Å². The number of piperidine rings is 1. The summed E-state index contributed by atoms with van der Waals surface area (Å²) in [6.45, 7) is 2.27. The number of nitrogens with one attached hydrogen (secondary N) is 1. The van der Waals surface area contributed by atoms with Gasteiger partial charge in [0.2, 0.25) is 15.9 Å². The smallest absolute Gasteiger partial charge is 0.243 e. The first-order chi connectivity index (χ1) is 12.8. The lowest BCUT2D eigenvalue weighted by molar-refractivity contribution is -0.127. The highest BCUT2D eigenvalue weighted by atomic mass is 35.5. The van der Waals surface area contributed by atoms with Crippen LogP contribution in [0.4, 0.5) is 0 Å². The molecule has 27 heavy (non-hydrogen) atoms. The molecule has 2 N–H and O–H groups in total. The number of amides is 1. The Labute approximate surface area is 165 Å². The number of nitrogens with zero attached hydrogens (tertiary/aromatic N) is 1. The average molecular weight is 415 g/mol. The van der Waals surface area contributed by atoms with E-state index in [2.05, 4.69) is 5.32 Å². The first-order valence-corrected chi connectivity index (χ1v) is 11.3. The van der Waals surface area contributed by atoms with E-state index < -0.39 is 10.0 Å². The Bertz CT molecular complexity index is 799. The van der Waals surface area contributed by atoms with Crippen molar-refractivity contribution in [2.24, 2.45) is 5.92 Å². The maximum absolute atomic E-state index is 13.1. The van der Waals surface area contributed by atoms with Gasteiger partial charge in [-0.3, -0.25) is 4.79 Å². The molecule has 1 saturated carbocycles. The van der Waals surface area contributed by atoms with Gasteiger partial charge in [0.15, 0.2) is 0 Å². The summed E-state index contributed by atoms with van der Waals surface area (Å²) in [7, 11) is -3.69. The van der Waals surface area contributed by atoms with Crippen LogP contribution in [0.5, 0.6) is 0 Å². The third kappa shape index (κ3) is 4.65. The molecule has 0 spiro atoms. The number of rotatable bonds is 4. The van der Waals surface area contributed by atoms with Crippen LogP contribution in [0.15, 0.2) is 23.1 Å². The fourth-order valence-electron chi connectivity index (χ4n) is 4.00. The van der Waals surface area contributed by atoms with Gasteiger partial charge in [-0.2, -0.15) is 4.31 Å². The zero-order valence-corrected chi connectivity index (χ0v) is 17.1. The van der Waals surface area contributed by atoms with Crippen molar-refractivity contribution in [3.8, 4) is 0 Å². The highest BCUT2D eigenvalue weighted by Crippen LogP contribution is 2.29. The van der Waals surface area contributed by atoms with E-state index in [0.717, 1.165) is 19.3 Å². The average Bonchev–Trinajstić information content (AvgIpc) is 2.64. The van der Waals surface area contributed by atoms with E-state index in [-0.39, 0.29) is 35.4 Å². The van der Waals surface area contributed by atoms with Crippen LogP contribution in [0.1, 0.15) is 44.1 Å². The minimum absolute atomic E-state index is 0.0246. The van der Waals surface area contributed by atoms with Crippen molar-refractivity contribution in [2.45, 2.75) is 62.5 Å². The monoisotopic (exact) mass is 414 g/mol. The molecular weight excluding hydrogens is 388 g/mol. The summed E-state index contributed by atoms with van der Waals surface area (Å²) in [4.78, 5) is 12.9. The molecule has 0 aromatic heterocycles. The maximum Gasteiger partial charge on any atom is 0.243 e. The Morgan fingerprint density at radius 1 is 1.26 bits per heavy atom. The molecular formula is C19H27ClN2O4S. The molecule has 1 saturated heterocycles. The molecule has 1 aliphatic heterocycles. The van der Waals surface area contributed by atoms with Gasteiger partial charge in [0.25, 0.3) is 0 Å². The molecule has 3 rings (SSSR count). The predicted octanol–water partition coefficient (Wildman–Crippen LogP) is 2.47. The zero-order chi connectivity index (χ0) is 19.6. The van der Waals surface area contributed by atoms with Crippen molar-refractivity contribution < 1.29 is 18.3 Å². The fourth-order valence-corrected chi connectivity index (χ4v) is 6.00. The Morgan fingerprint density at radius 3 is 2.78 bits per heavy atom. The number of aliphatic hydroxyl groups excluding tert-OH is 1. The van der Waals surface area contributed by atoms with E-state index in [1.807, 2.05) is 0 Å². The number of sulfonamides is 1. The zero-order valence-electron chi connectivity index (χ0n) is 15.5. The highest BCUT2D eigenvalue weighted by Gasteiger charge is 2.35.